The van der Waals surface area contributed by atoms with Crippen molar-refractivity contribution in [3.8, 4) is 0 Å². The molecule has 1 aromatic carbocycles. The van der Waals surface area contributed by atoms with Crippen molar-refractivity contribution >= 4 is 18.2 Å². The van der Waals surface area contributed by atoms with Crippen molar-refractivity contribution in [1.29, 1.82) is 0 Å². The second-order valence-electron chi connectivity index (χ2n) is 1.67. The van der Waals surface area contributed by atoms with Crippen molar-refractivity contribution < 1.29 is 4.79 Å². The number of nitrogen functional groups attached to an aromatic ring is 2. The molecule has 0 aromatic heterocycles. The van der Waals surface area contributed by atoms with Crippen LogP contribution < -0.4 is 11.5 Å². The second kappa shape index (κ2) is 4.38. The third-order valence-corrected chi connectivity index (χ3v) is 0.911. The Balaban J connectivity index is 0.000000371. The fraction of sp³-hybridized carbons (Fsp3) is 0. The Morgan fingerprint density at radius 2 is 1.50 bits per heavy atom. The average molecular weight is 138 g/mol. The van der Waals surface area contributed by atoms with E-state index in [1.54, 1.807) is 18.2 Å². The number of nitrogens with two attached hydrogens (primary N) is 2. The number of anilines is 2. The molecule has 0 radical (unpaired) electrons. The van der Waals surface area contributed by atoms with E-state index in [9.17, 15) is 0 Å². The van der Waals surface area contributed by atoms with Crippen molar-refractivity contribution in [1.82, 2.24) is 0 Å². The number of carbonyl (C=O) groups excluding carboxylic acids is 1. The maximum atomic E-state index is 8.00. The second-order valence-corrected chi connectivity index (χ2v) is 1.67. The molecule has 0 saturated heterocycles. The van der Waals surface area contributed by atoms with Gasteiger partial charge in [0.1, 0.15) is 6.79 Å². The van der Waals surface area contributed by atoms with Gasteiger partial charge in [-0.15, -0.1) is 0 Å². The molecule has 0 aliphatic heterocycles. The summed E-state index contributed by atoms with van der Waals surface area (Å²) < 4.78 is 0. The van der Waals surface area contributed by atoms with Crippen LogP contribution in [-0.4, -0.2) is 6.79 Å². The van der Waals surface area contributed by atoms with Gasteiger partial charge in [-0.2, -0.15) is 0 Å². The van der Waals surface area contributed by atoms with Crippen LogP contribution >= 0.6 is 0 Å². The van der Waals surface area contributed by atoms with Gasteiger partial charge in [-0.25, -0.2) is 0 Å². The van der Waals surface area contributed by atoms with E-state index in [-0.39, 0.29) is 0 Å². The van der Waals surface area contributed by atoms with Crippen LogP contribution in [0, 0.1) is 0 Å². The quantitative estimate of drug-likeness (QED) is 0.517. The predicted molar refractivity (Wildman–Crippen MR) is 42.4 cm³/mol. The van der Waals surface area contributed by atoms with E-state index in [1.165, 1.54) is 0 Å². The molecule has 0 saturated carbocycles. The van der Waals surface area contributed by atoms with Crippen LogP contribution in [0.4, 0.5) is 11.4 Å². The van der Waals surface area contributed by atoms with Gasteiger partial charge in [-0.3, -0.25) is 0 Å². The molecule has 1 rings (SSSR count). The van der Waals surface area contributed by atoms with Crippen LogP contribution in [0.3, 0.4) is 0 Å². The molecule has 0 spiro atoms. The molecule has 0 bridgehead atoms. The molecule has 0 amide bonds. The van der Waals surface area contributed by atoms with Crippen molar-refractivity contribution in [2.24, 2.45) is 0 Å². The molecule has 1 aromatic rings. The van der Waals surface area contributed by atoms with E-state index in [0.717, 1.165) is 0 Å². The lowest BCUT2D eigenvalue weighted by Crippen LogP contribution is -1.87. The number of hydrogen-bond donors (Lipinski definition) is 2. The van der Waals surface area contributed by atoms with Gasteiger partial charge < -0.3 is 16.3 Å². The summed E-state index contributed by atoms with van der Waals surface area (Å²) in [6.07, 6.45) is 0. The SMILES string of the molecule is C=O.Nc1cccc(N)c1. The highest BCUT2D eigenvalue weighted by Gasteiger charge is 1.81. The van der Waals surface area contributed by atoms with Crippen LogP contribution in [0.1, 0.15) is 0 Å². The molecule has 0 fully saturated rings. The highest BCUT2D eigenvalue weighted by molar-refractivity contribution is 5.50. The van der Waals surface area contributed by atoms with Crippen LogP contribution in [0.5, 0.6) is 0 Å². The lowest BCUT2D eigenvalue weighted by atomic mass is 10.3. The smallest absolute Gasteiger partial charge is 0.106 e. The first-order valence-corrected chi connectivity index (χ1v) is 2.69. The van der Waals surface area contributed by atoms with Crippen molar-refractivity contribution in [3.63, 3.8) is 0 Å². The average Bonchev–Trinajstić information content (AvgIpc) is 1.91. The first-order chi connectivity index (χ1) is 4.79. The zero-order chi connectivity index (χ0) is 7.98. The molecule has 0 heterocycles. The van der Waals surface area contributed by atoms with Gasteiger partial charge in [0.2, 0.25) is 0 Å². The molecule has 54 valence electrons. The Bertz CT molecular complexity index is 183. The van der Waals surface area contributed by atoms with Gasteiger partial charge in [0.25, 0.3) is 0 Å². The fourth-order valence-corrected chi connectivity index (χ4v) is 0.559. The summed E-state index contributed by atoms with van der Waals surface area (Å²) in [7, 11) is 0. The van der Waals surface area contributed by atoms with Gasteiger partial charge in [0, 0.05) is 11.4 Å². The van der Waals surface area contributed by atoms with Crippen LogP contribution in [-0.2, 0) is 4.79 Å². The zero-order valence-electron chi connectivity index (χ0n) is 5.58. The monoisotopic (exact) mass is 138 g/mol. The normalized spacial score (nSPS) is 7.60. The molecule has 0 aliphatic carbocycles. The summed E-state index contributed by atoms with van der Waals surface area (Å²) >= 11 is 0. The standard InChI is InChI=1S/C6H8N2.CH2O/c7-5-2-1-3-6(8)4-5;1-2/h1-4H,7-8H2;1H2. The lowest BCUT2D eigenvalue weighted by Gasteiger charge is -1.91. The molecular formula is C7H10N2O. The summed E-state index contributed by atoms with van der Waals surface area (Å²) in [4.78, 5) is 8.00. The van der Waals surface area contributed by atoms with E-state index in [0.29, 0.717) is 11.4 Å². The van der Waals surface area contributed by atoms with Gasteiger partial charge in [-0.1, -0.05) is 6.07 Å². The zero-order valence-corrected chi connectivity index (χ0v) is 5.58. The highest BCUT2D eigenvalue weighted by atomic mass is 16.1. The van der Waals surface area contributed by atoms with Gasteiger partial charge >= 0.3 is 0 Å². The third kappa shape index (κ3) is 2.71. The summed E-state index contributed by atoms with van der Waals surface area (Å²) in [5.41, 5.74) is 12.2. The minimum atomic E-state index is 0.713. The van der Waals surface area contributed by atoms with Crippen molar-refractivity contribution in [2.45, 2.75) is 0 Å². The predicted octanol–water partition coefficient (Wildman–Crippen LogP) is 0.666. The van der Waals surface area contributed by atoms with E-state index in [1.807, 2.05) is 12.9 Å². The molecule has 0 aliphatic rings. The van der Waals surface area contributed by atoms with E-state index < -0.39 is 0 Å². The Morgan fingerprint density at radius 1 is 1.10 bits per heavy atom. The molecule has 10 heavy (non-hydrogen) atoms. The molecular weight excluding hydrogens is 128 g/mol. The molecule has 0 unspecified atom stereocenters. The Kier molecular flexibility index (Phi) is 3.72. The summed E-state index contributed by atoms with van der Waals surface area (Å²) in [6.45, 7) is 2.00. The molecule has 4 N–H and O–H groups in total. The maximum absolute atomic E-state index is 8.00. The van der Waals surface area contributed by atoms with Crippen molar-refractivity contribution in [2.75, 3.05) is 11.5 Å². The summed E-state index contributed by atoms with van der Waals surface area (Å²) in [5.74, 6) is 0. The summed E-state index contributed by atoms with van der Waals surface area (Å²) in [5, 5.41) is 0. The summed E-state index contributed by atoms with van der Waals surface area (Å²) in [6, 6.07) is 7.15. The number of hydrogen-bond acceptors (Lipinski definition) is 3. The van der Waals surface area contributed by atoms with Crippen molar-refractivity contribution in [3.05, 3.63) is 24.3 Å². The minimum Gasteiger partial charge on any atom is -0.399 e. The largest absolute Gasteiger partial charge is 0.399 e. The van der Waals surface area contributed by atoms with E-state index in [4.69, 9.17) is 16.3 Å². The molecule has 3 nitrogen and oxygen atoms in total. The van der Waals surface area contributed by atoms with E-state index >= 15 is 0 Å². The number of rotatable bonds is 0. The van der Waals surface area contributed by atoms with Gasteiger partial charge in [0.05, 0.1) is 0 Å². The number of carbonyl (C=O) groups is 1. The fourth-order valence-electron chi connectivity index (χ4n) is 0.559. The van der Waals surface area contributed by atoms with E-state index in [2.05, 4.69) is 0 Å². The van der Waals surface area contributed by atoms with Crippen LogP contribution in [0.25, 0.3) is 0 Å². The Hall–Kier alpha value is -1.51. The third-order valence-electron chi connectivity index (χ3n) is 0.911. The Morgan fingerprint density at radius 3 is 1.70 bits per heavy atom. The first kappa shape index (κ1) is 8.49. The maximum Gasteiger partial charge on any atom is 0.106 e. The number of benzene rings is 1. The first-order valence-electron chi connectivity index (χ1n) is 2.69. The Labute approximate surface area is 59.6 Å². The highest BCUT2D eigenvalue weighted by Crippen LogP contribution is 2.06. The van der Waals surface area contributed by atoms with Crippen LogP contribution in [0.2, 0.25) is 0 Å². The van der Waals surface area contributed by atoms with Crippen LogP contribution in [0.15, 0.2) is 24.3 Å². The van der Waals surface area contributed by atoms with Gasteiger partial charge in [-0.05, 0) is 18.2 Å². The molecule has 0 atom stereocenters. The molecule has 3 heteroatoms. The lowest BCUT2D eigenvalue weighted by molar-refractivity contribution is -0.0979. The minimum absolute atomic E-state index is 0.713. The topological polar surface area (TPSA) is 69.1 Å². The van der Waals surface area contributed by atoms with Gasteiger partial charge in [0.15, 0.2) is 0 Å².